The highest BCUT2D eigenvalue weighted by atomic mass is 16.5. The van der Waals surface area contributed by atoms with Crippen molar-refractivity contribution in [3.05, 3.63) is 54.1 Å². The minimum atomic E-state index is 0.770. The van der Waals surface area contributed by atoms with Gasteiger partial charge in [0.15, 0.2) is 0 Å². The number of nitrogens with zero attached hydrogens (tertiary/aromatic N) is 1. The highest BCUT2D eigenvalue weighted by Gasteiger charge is 2.22. The number of hydrogen-bond donors (Lipinski definition) is 0. The van der Waals surface area contributed by atoms with Gasteiger partial charge < -0.3 is 9.47 Å². The third kappa shape index (κ3) is 4.87. The van der Waals surface area contributed by atoms with Crippen molar-refractivity contribution < 1.29 is 9.47 Å². The summed E-state index contributed by atoms with van der Waals surface area (Å²) in [4.78, 5) is 2.51. The van der Waals surface area contributed by atoms with Crippen LogP contribution in [0.15, 0.2) is 48.5 Å². The summed E-state index contributed by atoms with van der Waals surface area (Å²) in [6, 6.07) is 17.4. The van der Waals surface area contributed by atoms with Gasteiger partial charge in [0, 0.05) is 18.7 Å². The molecule has 0 atom stereocenters. The lowest BCUT2D eigenvalue weighted by Crippen LogP contribution is -2.36. The molecule has 3 heteroatoms. The molecule has 1 saturated carbocycles. The van der Waals surface area contributed by atoms with Crippen molar-refractivity contribution in [3.63, 3.8) is 0 Å². The van der Waals surface area contributed by atoms with E-state index in [1.165, 1.54) is 36.0 Å². The zero-order valence-corrected chi connectivity index (χ0v) is 15.5. The van der Waals surface area contributed by atoms with Gasteiger partial charge >= 0.3 is 0 Å². The maximum absolute atomic E-state index is 6.15. The van der Waals surface area contributed by atoms with E-state index in [4.69, 9.17) is 9.47 Å². The Hall–Kier alpha value is -1.84. The molecule has 138 valence electrons. The number of morpholine rings is 1. The molecule has 0 radical (unpaired) electrons. The second-order valence-electron chi connectivity index (χ2n) is 7.51. The molecule has 0 aromatic heterocycles. The summed E-state index contributed by atoms with van der Waals surface area (Å²) in [7, 11) is 0. The average molecular weight is 351 g/mol. The van der Waals surface area contributed by atoms with E-state index in [0.717, 1.165) is 57.5 Å². The normalized spacial score (nSPS) is 18.0. The standard InChI is InChI=1S/C23H29NO2/c1-2-6-21(7-3-1)22-17-19(5-4-12-24-13-15-25-16-14-24)10-11-23(22)26-18-20-8-9-20/h1-3,6-7,10-11,17,20H,4-5,8-9,12-16,18H2. The Kier molecular flexibility index (Phi) is 5.88. The summed E-state index contributed by atoms with van der Waals surface area (Å²) in [5.74, 6) is 1.80. The lowest BCUT2D eigenvalue weighted by molar-refractivity contribution is 0.0375. The van der Waals surface area contributed by atoms with Gasteiger partial charge in [0.1, 0.15) is 5.75 Å². The van der Waals surface area contributed by atoms with Crippen LogP contribution in [-0.2, 0) is 11.2 Å². The van der Waals surface area contributed by atoms with Gasteiger partial charge in [-0.1, -0.05) is 36.4 Å². The van der Waals surface area contributed by atoms with E-state index >= 15 is 0 Å². The minimum Gasteiger partial charge on any atom is -0.493 e. The average Bonchev–Trinajstić information content (AvgIpc) is 3.53. The van der Waals surface area contributed by atoms with Crippen LogP contribution in [0.25, 0.3) is 11.1 Å². The third-order valence-electron chi connectivity index (χ3n) is 5.34. The molecule has 0 spiro atoms. The third-order valence-corrected chi connectivity index (χ3v) is 5.34. The molecule has 1 aliphatic heterocycles. The molecule has 2 aromatic carbocycles. The fraction of sp³-hybridized carbons (Fsp3) is 0.478. The molecule has 0 amide bonds. The summed E-state index contributed by atoms with van der Waals surface area (Å²) in [5, 5.41) is 0. The van der Waals surface area contributed by atoms with E-state index < -0.39 is 0 Å². The van der Waals surface area contributed by atoms with Gasteiger partial charge in [-0.15, -0.1) is 0 Å². The highest BCUT2D eigenvalue weighted by molar-refractivity contribution is 5.71. The van der Waals surface area contributed by atoms with Crippen LogP contribution in [0.1, 0.15) is 24.8 Å². The van der Waals surface area contributed by atoms with Gasteiger partial charge in [-0.3, -0.25) is 4.90 Å². The monoisotopic (exact) mass is 351 g/mol. The molecule has 2 aromatic rings. The Morgan fingerprint density at radius 3 is 2.58 bits per heavy atom. The van der Waals surface area contributed by atoms with E-state index in [1.54, 1.807) is 0 Å². The van der Waals surface area contributed by atoms with Crippen LogP contribution in [0.4, 0.5) is 0 Å². The summed E-state index contributed by atoms with van der Waals surface area (Å²) >= 11 is 0. The van der Waals surface area contributed by atoms with Crippen LogP contribution in [0, 0.1) is 5.92 Å². The van der Waals surface area contributed by atoms with E-state index in [1.807, 2.05) is 0 Å². The van der Waals surface area contributed by atoms with E-state index in [2.05, 4.69) is 53.4 Å². The highest BCUT2D eigenvalue weighted by Crippen LogP contribution is 2.34. The number of benzene rings is 2. The van der Waals surface area contributed by atoms with Gasteiger partial charge in [-0.25, -0.2) is 0 Å². The molecule has 4 rings (SSSR count). The Labute approximate surface area is 156 Å². The molecule has 1 saturated heterocycles. The first-order valence-electron chi connectivity index (χ1n) is 10.00. The molecule has 0 N–H and O–H groups in total. The number of rotatable bonds is 8. The second kappa shape index (κ2) is 8.70. The van der Waals surface area contributed by atoms with Gasteiger partial charge in [-0.2, -0.15) is 0 Å². The Bertz CT molecular complexity index is 691. The van der Waals surface area contributed by atoms with Crippen molar-refractivity contribution >= 4 is 0 Å². The predicted molar refractivity (Wildman–Crippen MR) is 106 cm³/mol. The zero-order chi connectivity index (χ0) is 17.6. The van der Waals surface area contributed by atoms with Crippen LogP contribution in [0.2, 0.25) is 0 Å². The van der Waals surface area contributed by atoms with Gasteiger partial charge in [0.25, 0.3) is 0 Å². The first-order chi connectivity index (χ1) is 12.9. The number of hydrogen-bond acceptors (Lipinski definition) is 3. The molecular weight excluding hydrogens is 322 g/mol. The fourth-order valence-corrected chi connectivity index (χ4v) is 3.53. The largest absolute Gasteiger partial charge is 0.493 e. The molecule has 3 nitrogen and oxygen atoms in total. The lowest BCUT2D eigenvalue weighted by Gasteiger charge is -2.26. The maximum Gasteiger partial charge on any atom is 0.127 e. The lowest BCUT2D eigenvalue weighted by atomic mass is 9.99. The molecule has 0 unspecified atom stereocenters. The SMILES string of the molecule is c1ccc(-c2cc(CCCN3CCOCC3)ccc2OCC2CC2)cc1. The Balaban J connectivity index is 1.43. The van der Waals surface area contributed by atoms with Crippen LogP contribution in [0.5, 0.6) is 5.75 Å². The fourth-order valence-electron chi connectivity index (χ4n) is 3.53. The number of aryl methyl sites for hydroxylation is 1. The Morgan fingerprint density at radius 2 is 1.81 bits per heavy atom. The molecular formula is C23H29NO2. The van der Waals surface area contributed by atoms with Crippen LogP contribution >= 0.6 is 0 Å². The van der Waals surface area contributed by atoms with E-state index in [0.29, 0.717) is 0 Å². The first kappa shape index (κ1) is 17.6. The van der Waals surface area contributed by atoms with Crippen molar-refractivity contribution in [2.75, 3.05) is 39.5 Å². The molecule has 1 aliphatic carbocycles. The number of ether oxygens (including phenoxy) is 2. The quantitative estimate of drug-likeness (QED) is 0.703. The summed E-state index contributed by atoms with van der Waals surface area (Å²) in [6.45, 7) is 5.92. The van der Waals surface area contributed by atoms with Gasteiger partial charge in [0.2, 0.25) is 0 Å². The second-order valence-corrected chi connectivity index (χ2v) is 7.51. The smallest absolute Gasteiger partial charge is 0.127 e. The van der Waals surface area contributed by atoms with Crippen molar-refractivity contribution in [3.8, 4) is 16.9 Å². The predicted octanol–water partition coefficient (Wildman–Crippen LogP) is 4.41. The first-order valence-corrected chi connectivity index (χ1v) is 10.00. The van der Waals surface area contributed by atoms with Gasteiger partial charge in [-0.05, 0) is 61.4 Å². The summed E-state index contributed by atoms with van der Waals surface area (Å²) in [6.07, 6.45) is 4.94. The summed E-state index contributed by atoms with van der Waals surface area (Å²) in [5.41, 5.74) is 3.87. The molecule has 1 heterocycles. The molecule has 0 bridgehead atoms. The molecule has 2 aliphatic rings. The van der Waals surface area contributed by atoms with Crippen LogP contribution in [0.3, 0.4) is 0 Å². The van der Waals surface area contributed by atoms with Crippen molar-refractivity contribution in [1.29, 1.82) is 0 Å². The Morgan fingerprint density at radius 1 is 1.00 bits per heavy atom. The summed E-state index contributed by atoms with van der Waals surface area (Å²) < 4.78 is 11.6. The minimum absolute atomic E-state index is 0.770. The van der Waals surface area contributed by atoms with Crippen LogP contribution < -0.4 is 4.74 Å². The zero-order valence-electron chi connectivity index (χ0n) is 15.5. The van der Waals surface area contributed by atoms with Crippen molar-refractivity contribution in [1.82, 2.24) is 4.90 Å². The van der Waals surface area contributed by atoms with Crippen molar-refractivity contribution in [2.45, 2.75) is 25.7 Å². The van der Waals surface area contributed by atoms with Gasteiger partial charge in [0.05, 0.1) is 19.8 Å². The van der Waals surface area contributed by atoms with Crippen LogP contribution in [-0.4, -0.2) is 44.4 Å². The van der Waals surface area contributed by atoms with E-state index in [9.17, 15) is 0 Å². The molecule has 2 fully saturated rings. The molecule has 26 heavy (non-hydrogen) atoms. The van der Waals surface area contributed by atoms with E-state index in [-0.39, 0.29) is 0 Å². The van der Waals surface area contributed by atoms with Crippen molar-refractivity contribution in [2.24, 2.45) is 5.92 Å². The maximum atomic E-state index is 6.15. The topological polar surface area (TPSA) is 21.7 Å².